The Morgan fingerprint density at radius 1 is 1.80 bits per heavy atom. The number of amides is 1. The van der Waals surface area contributed by atoms with E-state index in [9.17, 15) is 4.79 Å². The lowest BCUT2D eigenvalue weighted by molar-refractivity contribution is -0.119. The number of nitrogens with two attached hydrogens (primary N) is 2. The number of primary amides is 1. The summed E-state index contributed by atoms with van der Waals surface area (Å²) < 4.78 is 0. The van der Waals surface area contributed by atoms with E-state index < -0.39 is 10.8 Å². The Bertz CT molecular complexity index is 235. The molecule has 0 saturated carbocycles. The zero-order valence-corrected chi connectivity index (χ0v) is 5.88. The Labute approximate surface area is 62.6 Å². The molecule has 54 valence electrons. The minimum atomic E-state index is -1.33. The van der Waals surface area contributed by atoms with Crippen molar-refractivity contribution in [2.45, 2.75) is 4.87 Å². The van der Waals surface area contributed by atoms with Gasteiger partial charge in [0.25, 0.3) is 5.91 Å². The normalized spacial score (nSPS) is 30.3. The van der Waals surface area contributed by atoms with Crippen LogP contribution >= 0.6 is 12.6 Å². The molecule has 5 nitrogen and oxygen atoms in total. The smallest absolute Gasteiger partial charge is 0.261 e. The monoisotopic (exact) mass is 158 g/mol. The van der Waals surface area contributed by atoms with Gasteiger partial charge >= 0.3 is 0 Å². The first kappa shape index (κ1) is 7.07. The fraction of sp³-hybridized carbons (Fsp3) is 0.250. The van der Waals surface area contributed by atoms with Gasteiger partial charge < -0.3 is 11.5 Å². The number of nitrogens with zero attached hydrogens (tertiary/aromatic N) is 2. The molecule has 0 fully saturated rings. The van der Waals surface area contributed by atoms with Gasteiger partial charge in [0.15, 0.2) is 0 Å². The van der Waals surface area contributed by atoms with Crippen LogP contribution in [0.5, 0.6) is 0 Å². The average molecular weight is 158 g/mol. The van der Waals surface area contributed by atoms with E-state index in [1.165, 1.54) is 6.08 Å². The molecule has 1 rings (SSSR count). The van der Waals surface area contributed by atoms with E-state index in [2.05, 4.69) is 22.9 Å². The number of hydrogen-bond acceptors (Lipinski definition) is 5. The molecule has 4 N–H and O–H groups in total. The maximum Gasteiger partial charge on any atom is 0.261 e. The summed E-state index contributed by atoms with van der Waals surface area (Å²) in [5, 5.41) is 6.84. The molecule has 1 atom stereocenters. The van der Waals surface area contributed by atoms with Crippen LogP contribution in [0.25, 0.3) is 0 Å². The van der Waals surface area contributed by atoms with Crippen molar-refractivity contribution in [3.05, 3.63) is 11.9 Å². The molecule has 10 heavy (non-hydrogen) atoms. The lowest BCUT2D eigenvalue weighted by atomic mass is 10.3. The SMILES string of the molecule is NC(=O)C1(S)C=C(N)N=N1. The van der Waals surface area contributed by atoms with Crippen molar-refractivity contribution in [2.75, 3.05) is 0 Å². The average Bonchev–Trinajstić information content (AvgIpc) is 2.13. The second-order valence-corrected chi connectivity index (χ2v) is 2.54. The highest BCUT2D eigenvalue weighted by Gasteiger charge is 2.33. The minimum absolute atomic E-state index is 0.161. The van der Waals surface area contributed by atoms with Crippen LogP contribution in [0.1, 0.15) is 0 Å². The highest BCUT2D eigenvalue weighted by Crippen LogP contribution is 2.24. The van der Waals surface area contributed by atoms with Crippen molar-refractivity contribution >= 4 is 18.5 Å². The molecule has 6 heteroatoms. The number of thiol groups is 1. The fourth-order valence-electron chi connectivity index (χ4n) is 0.518. The van der Waals surface area contributed by atoms with Gasteiger partial charge in [0, 0.05) is 6.08 Å². The van der Waals surface area contributed by atoms with Crippen LogP contribution in [0, 0.1) is 0 Å². The van der Waals surface area contributed by atoms with Crippen molar-refractivity contribution < 1.29 is 4.79 Å². The van der Waals surface area contributed by atoms with Crippen molar-refractivity contribution in [2.24, 2.45) is 21.7 Å². The van der Waals surface area contributed by atoms with Gasteiger partial charge in [-0.25, -0.2) is 0 Å². The Morgan fingerprint density at radius 3 is 2.60 bits per heavy atom. The Kier molecular flexibility index (Phi) is 1.40. The highest BCUT2D eigenvalue weighted by molar-refractivity contribution is 7.83. The molecule has 1 unspecified atom stereocenters. The third-order valence-electron chi connectivity index (χ3n) is 1.03. The van der Waals surface area contributed by atoms with E-state index in [1.54, 1.807) is 0 Å². The zero-order valence-electron chi connectivity index (χ0n) is 4.98. The number of rotatable bonds is 1. The molecule has 0 bridgehead atoms. The molecule has 0 radical (unpaired) electrons. The minimum Gasteiger partial charge on any atom is -0.382 e. The van der Waals surface area contributed by atoms with Gasteiger partial charge in [-0.05, 0) is 0 Å². The van der Waals surface area contributed by atoms with E-state index in [4.69, 9.17) is 11.5 Å². The van der Waals surface area contributed by atoms with Crippen molar-refractivity contribution in [1.82, 2.24) is 0 Å². The Balaban J connectivity index is 2.95. The largest absolute Gasteiger partial charge is 0.382 e. The predicted octanol–water partition coefficient (Wildman–Crippen LogP) is -0.636. The van der Waals surface area contributed by atoms with Gasteiger partial charge in [0.2, 0.25) is 4.87 Å². The van der Waals surface area contributed by atoms with Crippen LogP contribution in [0.3, 0.4) is 0 Å². The second-order valence-electron chi connectivity index (χ2n) is 1.86. The molecule has 1 heterocycles. The lowest BCUT2D eigenvalue weighted by Crippen LogP contribution is -2.33. The topological polar surface area (TPSA) is 93.8 Å². The van der Waals surface area contributed by atoms with Gasteiger partial charge in [-0.3, -0.25) is 4.79 Å². The molecule has 1 aliphatic rings. The third kappa shape index (κ3) is 0.971. The van der Waals surface area contributed by atoms with Gasteiger partial charge in [-0.15, -0.1) is 17.7 Å². The maximum atomic E-state index is 10.6. The van der Waals surface area contributed by atoms with Gasteiger partial charge in [-0.2, -0.15) is 5.11 Å². The summed E-state index contributed by atoms with van der Waals surface area (Å²) in [6, 6.07) is 0. The second kappa shape index (κ2) is 1.98. The summed E-state index contributed by atoms with van der Waals surface area (Å²) in [5.41, 5.74) is 10.1. The predicted molar refractivity (Wildman–Crippen MR) is 38.0 cm³/mol. The highest BCUT2D eigenvalue weighted by atomic mass is 32.1. The van der Waals surface area contributed by atoms with E-state index in [-0.39, 0.29) is 5.82 Å². The van der Waals surface area contributed by atoms with Crippen LogP contribution < -0.4 is 11.5 Å². The summed E-state index contributed by atoms with van der Waals surface area (Å²) in [7, 11) is 0. The summed E-state index contributed by atoms with van der Waals surface area (Å²) >= 11 is 3.84. The van der Waals surface area contributed by atoms with Crippen molar-refractivity contribution in [3.63, 3.8) is 0 Å². The molecule has 0 aromatic heterocycles. The molecule has 0 aromatic rings. The van der Waals surface area contributed by atoms with Gasteiger partial charge in [0.05, 0.1) is 0 Å². The lowest BCUT2D eigenvalue weighted by Gasteiger charge is -2.07. The molecule has 0 aliphatic carbocycles. The first-order valence-electron chi connectivity index (χ1n) is 2.48. The van der Waals surface area contributed by atoms with Crippen LogP contribution in [-0.2, 0) is 4.79 Å². The van der Waals surface area contributed by atoms with E-state index in [0.29, 0.717) is 0 Å². The maximum absolute atomic E-state index is 10.6. The number of hydrogen-bond donors (Lipinski definition) is 3. The van der Waals surface area contributed by atoms with Crippen LogP contribution in [-0.4, -0.2) is 10.8 Å². The number of carbonyl (C=O) groups excluding carboxylic acids is 1. The fourth-order valence-corrected chi connectivity index (χ4v) is 0.695. The first-order valence-corrected chi connectivity index (χ1v) is 2.93. The van der Waals surface area contributed by atoms with E-state index in [0.717, 1.165) is 0 Å². The number of carbonyl (C=O) groups is 1. The summed E-state index contributed by atoms with van der Waals surface area (Å²) in [4.78, 5) is 9.23. The summed E-state index contributed by atoms with van der Waals surface area (Å²) in [5.74, 6) is -0.520. The van der Waals surface area contributed by atoms with Crippen LogP contribution in [0.2, 0.25) is 0 Å². The standard InChI is InChI=1S/C4H6N4OS/c5-2-1-4(10,3(6)9)8-7-2/h1,10H,5H2,(H2,6,9). The molecule has 1 amide bonds. The first-order chi connectivity index (χ1) is 4.54. The quantitative estimate of drug-likeness (QED) is 0.443. The molecule has 0 spiro atoms. The summed E-state index contributed by atoms with van der Waals surface area (Å²) in [6.07, 6.45) is 1.29. The Hall–Kier alpha value is -1.04. The van der Waals surface area contributed by atoms with Gasteiger partial charge in [0.1, 0.15) is 5.82 Å². The van der Waals surface area contributed by atoms with E-state index >= 15 is 0 Å². The van der Waals surface area contributed by atoms with Crippen molar-refractivity contribution in [3.8, 4) is 0 Å². The number of azo groups is 1. The molecule has 0 saturated heterocycles. The van der Waals surface area contributed by atoms with E-state index in [1.807, 2.05) is 0 Å². The molecule has 0 aromatic carbocycles. The van der Waals surface area contributed by atoms with Crippen LogP contribution in [0.15, 0.2) is 22.1 Å². The molecular weight excluding hydrogens is 152 g/mol. The molecule has 1 aliphatic heterocycles. The zero-order chi connectivity index (χ0) is 7.78. The van der Waals surface area contributed by atoms with Gasteiger partial charge in [-0.1, -0.05) is 0 Å². The third-order valence-corrected chi connectivity index (χ3v) is 1.47. The Morgan fingerprint density at radius 2 is 2.40 bits per heavy atom. The summed E-state index contributed by atoms with van der Waals surface area (Å²) in [6.45, 7) is 0. The molecular formula is C4H6N4OS. The van der Waals surface area contributed by atoms with Crippen LogP contribution in [0.4, 0.5) is 0 Å². The van der Waals surface area contributed by atoms with Crippen molar-refractivity contribution in [1.29, 1.82) is 0 Å².